The molecule has 0 bridgehead atoms. The van der Waals surface area contributed by atoms with E-state index in [0.717, 1.165) is 44.5 Å². The first-order valence-corrected chi connectivity index (χ1v) is 13.0. The summed E-state index contributed by atoms with van der Waals surface area (Å²) in [6.07, 6.45) is 5.80. The summed E-state index contributed by atoms with van der Waals surface area (Å²) in [6.45, 7) is 12.8. The number of rotatable bonds is 2. The Morgan fingerprint density at radius 3 is 2.34 bits per heavy atom. The Balaban J connectivity index is 1.40. The first kappa shape index (κ1) is 23.3. The van der Waals surface area contributed by atoms with Gasteiger partial charge in [-0.2, -0.15) is 0 Å². The van der Waals surface area contributed by atoms with Crippen molar-refractivity contribution in [2.75, 3.05) is 13.2 Å². The van der Waals surface area contributed by atoms with Crippen molar-refractivity contribution >= 4 is 0 Å². The van der Waals surface area contributed by atoms with Gasteiger partial charge in [-0.15, -0.1) is 0 Å². The molecule has 0 spiro atoms. The predicted octanol–water partition coefficient (Wildman–Crippen LogP) is 3.90. The highest BCUT2D eigenvalue weighted by molar-refractivity contribution is 5.30. The van der Waals surface area contributed by atoms with Crippen LogP contribution in [0.3, 0.4) is 0 Å². The van der Waals surface area contributed by atoms with Crippen molar-refractivity contribution in [3.05, 3.63) is 11.6 Å². The van der Waals surface area contributed by atoms with Crippen molar-refractivity contribution in [1.29, 1.82) is 0 Å². The number of hydrogen-bond donors (Lipinski definition) is 3. The predicted molar refractivity (Wildman–Crippen MR) is 123 cm³/mol. The van der Waals surface area contributed by atoms with Gasteiger partial charge in [0.1, 0.15) is 0 Å². The molecule has 5 heteroatoms. The third-order valence-corrected chi connectivity index (χ3v) is 10.6. The second-order valence-corrected chi connectivity index (χ2v) is 13.1. The molecule has 4 unspecified atom stereocenters. The van der Waals surface area contributed by atoms with Crippen LogP contribution >= 0.6 is 0 Å². The normalized spacial score (nSPS) is 51.9. The molecule has 182 valence electrons. The summed E-state index contributed by atoms with van der Waals surface area (Å²) in [7, 11) is 0. The third-order valence-electron chi connectivity index (χ3n) is 10.6. The van der Waals surface area contributed by atoms with Gasteiger partial charge >= 0.3 is 0 Å². The zero-order chi connectivity index (χ0) is 23.1. The molecule has 4 fully saturated rings. The van der Waals surface area contributed by atoms with Gasteiger partial charge in [-0.05, 0) is 61.2 Å². The van der Waals surface area contributed by atoms with E-state index in [-0.39, 0.29) is 34.4 Å². The van der Waals surface area contributed by atoms with Gasteiger partial charge in [0.25, 0.3) is 0 Å². The smallest absolute Gasteiger partial charge is 0.160 e. The molecule has 4 aliphatic carbocycles. The second kappa shape index (κ2) is 7.78. The van der Waals surface area contributed by atoms with Crippen molar-refractivity contribution in [2.45, 2.75) is 97.7 Å². The molecule has 5 rings (SSSR count). The van der Waals surface area contributed by atoms with Gasteiger partial charge in [-0.25, -0.2) is 0 Å². The molecule has 10 atom stereocenters. The van der Waals surface area contributed by atoms with Gasteiger partial charge in [-0.1, -0.05) is 46.3 Å². The van der Waals surface area contributed by atoms with Crippen molar-refractivity contribution < 1.29 is 24.8 Å². The van der Waals surface area contributed by atoms with Crippen molar-refractivity contribution in [3.63, 3.8) is 0 Å². The Kier molecular flexibility index (Phi) is 5.66. The summed E-state index contributed by atoms with van der Waals surface area (Å²) in [5, 5.41) is 32.7. The average molecular weight is 449 g/mol. The van der Waals surface area contributed by atoms with Crippen LogP contribution in [0.2, 0.25) is 0 Å². The Morgan fingerprint density at radius 2 is 1.66 bits per heavy atom. The fraction of sp³-hybridized carbons (Fsp3) is 0.926. The fourth-order valence-corrected chi connectivity index (χ4v) is 8.80. The minimum absolute atomic E-state index is 0.0799. The topological polar surface area (TPSA) is 79.2 Å². The zero-order valence-electron chi connectivity index (χ0n) is 20.6. The summed E-state index contributed by atoms with van der Waals surface area (Å²) < 4.78 is 12.4. The van der Waals surface area contributed by atoms with Crippen LogP contribution in [0.5, 0.6) is 0 Å². The minimum atomic E-state index is -0.537. The van der Waals surface area contributed by atoms with Gasteiger partial charge in [0.2, 0.25) is 0 Å². The van der Waals surface area contributed by atoms with Crippen LogP contribution in [0, 0.1) is 45.8 Å². The molecular formula is C27H44O5. The van der Waals surface area contributed by atoms with Crippen LogP contribution < -0.4 is 0 Å². The van der Waals surface area contributed by atoms with E-state index in [1.54, 1.807) is 0 Å². The standard InChI is InChI=1S/C27H44O5/c1-15(24-31-13-25(2,3)14-32-24)18-6-7-19-23-20(8-9-26(18,19)4)27(5)16(11-21(23)29)10-17(28)12-22(27)30/h11,15,17-24,28-30H,6-10,12-14H2,1-5H3/t15?,17?,18-,19+,20+,21?,22?,23+,26-,27+/m1/s1. The summed E-state index contributed by atoms with van der Waals surface area (Å²) in [5.74, 6) is 1.74. The highest BCUT2D eigenvalue weighted by Gasteiger charge is 2.63. The largest absolute Gasteiger partial charge is 0.393 e. The first-order valence-electron chi connectivity index (χ1n) is 13.0. The van der Waals surface area contributed by atoms with Gasteiger partial charge < -0.3 is 24.8 Å². The van der Waals surface area contributed by atoms with Crippen LogP contribution in [-0.2, 0) is 9.47 Å². The zero-order valence-corrected chi connectivity index (χ0v) is 20.6. The van der Waals surface area contributed by atoms with Gasteiger partial charge in [0, 0.05) is 23.2 Å². The Morgan fingerprint density at radius 1 is 0.969 bits per heavy atom. The van der Waals surface area contributed by atoms with Gasteiger partial charge in [0.15, 0.2) is 6.29 Å². The molecule has 5 nitrogen and oxygen atoms in total. The maximum absolute atomic E-state index is 11.3. The average Bonchev–Trinajstić information content (AvgIpc) is 3.06. The lowest BCUT2D eigenvalue weighted by Crippen LogP contribution is -2.59. The van der Waals surface area contributed by atoms with Crippen molar-refractivity contribution in [3.8, 4) is 0 Å². The van der Waals surface area contributed by atoms with Gasteiger partial charge in [0.05, 0.1) is 31.5 Å². The maximum Gasteiger partial charge on any atom is 0.160 e. The third kappa shape index (κ3) is 3.37. The van der Waals surface area contributed by atoms with Crippen molar-refractivity contribution in [2.24, 2.45) is 45.8 Å². The molecule has 0 amide bonds. The van der Waals surface area contributed by atoms with E-state index < -0.39 is 18.3 Å². The molecule has 32 heavy (non-hydrogen) atoms. The SMILES string of the molecule is CC(C1OCC(C)(C)CO1)[C@H]1CC[C@H]2[C@@H]3C(O)C=C4CC(O)CC(O)[C@]4(C)[C@H]3CC[C@]12C. The van der Waals surface area contributed by atoms with Crippen LogP contribution in [0.1, 0.15) is 73.1 Å². The van der Waals surface area contributed by atoms with E-state index >= 15 is 0 Å². The summed E-state index contributed by atoms with van der Waals surface area (Å²) in [6, 6.07) is 0. The van der Waals surface area contributed by atoms with Crippen LogP contribution in [0.25, 0.3) is 0 Å². The van der Waals surface area contributed by atoms with E-state index in [1.807, 2.05) is 6.08 Å². The molecule has 5 aliphatic rings. The molecule has 0 radical (unpaired) electrons. The molecule has 0 aromatic rings. The molecule has 3 N–H and O–H groups in total. The lowest BCUT2D eigenvalue weighted by Gasteiger charge is -2.60. The molecule has 1 heterocycles. The molecule has 0 aromatic carbocycles. The quantitative estimate of drug-likeness (QED) is 0.559. The van der Waals surface area contributed by atoms with E-state index in [1.165, 1.54) is 0 Å². The molecule has 1 aliphatic heterocycles. The number of ether oxygens (including phenoxy) is 2. The minimum Gasteiger partial charge on any atom is -0.393 e. The van der Waals surface area contributed by atoms with E-state index in [9.17, 15) is 15.3 Å². The van der Waals surface area contributed by atoms with Crippen molar-refractivity contribution in [1.82, 2.24) is 0 Å². The summed E-state index contributed by atoms with van der Waals surface area (Å²) in [5.41, 5.74) is 0.990. The Labute approximate surface area is 193 Å². The first-order chi connectivity index (χ1) is 15.0. The Bertz CT molecular complexity index is 753. The molecule has 0 aromatic heterocycles. The van der Waals surface area contributed by atoms with Crippen LogP contribution in [-0.4, -0.2) is 53.1 Å². The maximum atomic E-state index is 11.3. The lowest BCUT2D eigenvalue weighted by atomic mass is 9.45. The lowest BCUT2D eigenvalue weighted by molar-refractivity contribution is -0.253. The van der Waals surface area contributed by atoms with E-state index in [4.69, 9.17) is 9.47 Å². The van der Waals surface area contributed by atoms with Crippen LogP contribution in [0.15, 0.2) is 11.6 Å². The summed E-state index contributed by atoms with van der Waals surface area (Å²) >= 11 is 0. The highest BCUT2D eigenvalue weighted by atomic mass is 16.7. The molecule has 3 saturated carbocycles. The Hall–Kier alpha value is -0.460. The van der Waals surface area contributed by atoms with Crippen LogP contribution in [0.4, 0.5) is 0 Å². The number of aliphatic hydroxyl groups excluding tert-OH is 3. The second-order valence-electron chi connectivity index (χ2n) is 13.1. The number of fused-ring (bicyclic) bond motifs is 5. The number of aliphatic hydroxyl groups is 3. The monoisotopic (exact) mass is 448 g/mol. The number of hydrogen-bond acceptors (Lipinski definition) is 5. The summed E-state index contributed by atoms with van der Waals surface area (Å²) in [4.78, 5) is 0. The fourth-order valence-electron chi connectivity index (χ4n) is 8.80. The van der Waals surface area contributed by atoms with E-state index in [0.29, 0.717) is 30.6 Å². The van der Waals surface area contributed by atoms with Gasteiger partial charge in [-0.3, -0.25) is 0 Å². The molecular weight excluding hydrogens is 404 g/mol. The highest BCUT2D eigenvalue weighted by Crippen LogP contribution is 2.67. The van der Waals surface area contributed by atoms with E-state index in [2.05, 4.69) is 34.6 Å². The molecule has 1 saturated heterocycles.